The first-order valence-electron chi connectivity index (χ1n) is 16.6. The molecule has 0 saturated heterocycles. The van der Waals surface area contributed by atoms with Gasteiger partial charge in [-0.3, -0.25) is 4.79 Å². The number of nitrogens with zero attached hydrogens (tertiary/aromatic N) is 2. The van der Waals surface area contributed by atoms with E-state index in [2.05, 4.69) is 27.8 Å². The van der Waals surface area contributed by atoms with Crippen LogP contribution in [0.2, 0.25) is 10.3 Å². The summed E-state index contributed by atoms with van der Waals surface area (Å²) in [5, 5.41) is 4.02. The summed E-state index contributed by atoms with van der Waals surface area (Å²) in [6.07, 6.45) is -5.32. The molecular formula is C36H32BCl2F10N4O3S2. The average Bonchev–Trinajstić information content (AvgIpc) is 3.12. The number of fused-ring (bicyclic) bond motifs is 2. The zero-order valence-electron chi connectivity index (χ0n) is 30.3. The molecule has 7 nitrogen and oxygen atoms in total. The van der Waals surface area contributed by atoms with E-state index in [1.165, 1.54) is 24.3 Å². The molecule has 2 aliphatic heterocycles. The fourth-order valence-corrected chi connectivity index (χ4v) is 5.98. The number of hydrogen-bond acceptors (Lipinski definition) is 8. The molecule has 22 heteroatoms. The lowest BCUT2D eigenvalue weighted by molar-refractivity contribution is -0.143. The van der Waals surface area contributed by atoms with Gasteiger partial charge in [0, 0.05) is 49.3 Å². The highest BCUT2D eigenvalue weighted by Crippen LogP contribution is 2.39. The van der Waals surface area contributed by atoms with Crippen molar-refractivity contribution in [2.45, 2.75) is 50.2 Å². The van der Waals surface area contributed by atoms with Crippen LogP contribution in [-0.2, 0) is 17.6 Å². The molecular weight excluding hydrogens is 872 g/mol. The number of nitrogens with one attached hydrogen (secondary N) is 2. The van der Waals surface area contributed by atoms with Crippen molar-refractivity contribution >= 4 is 59.1 Å². The zero-order valence-corrected chi connectivity index (χ0v) is 33.4. The van der Waals surface area contributed by atoms with E-state index in [0.29, 0.717) is 41.2 Å². The molecule has 4 aromatic rings. The van der Waals surface area contributed by atoms with Gasteiger partial charge in [-0.2, -0.15) is 26.3 Å². The Morgan fingerprint density at radius 2 is 1.19 bits per heavy atom. The van der Waals surface area contributed by atoms with E-state index in [9.17, 15) is 48.7 Å². The van der Waals surface area contributed by atoms with Crippen molar-refractivity contribution in [2.75, 3.05) is 32.1 Å². The van der Waals surface area contributed by atoms with Crippen LogP contribution in [0.3, 0.4) is 0 Å². The molecule has 6 rings (SSSR count). The van der Waals surface area contributed by atoms with Gasteiger partial charge in [-0.1, -0.05) is 44.8 Å². The first-order valence-corrected chi connectivity index (χ1v) is 20.3. The Balaban J connectivity index is 0.000000280. The first kappa shape index (κ1) is 48.8. The summed E-state index contributed by atoms with van der Waals surface area (Å²) in [4.78, 5) is 19.9. The maximum absolute atomic E-state index is 14.1. The molecule has 0 fully saturated rings. The summed E-state index contributed by atoms with van der Waals surface area (Å²) < 4.78 is 139. The molecule has 4 heterocycles. The minimum Gasteiger partial charge on any atom is -0.473 e. The Labute approximate surface area is 346 Å². The average molecular weight is 905 g/mol. The highest BCUT2D eigenvalue weighted by molar-refractivity contribution is 8.76. The maximum atomic E-state index is 14.1. The second-order valence-electron chi connectivity index (χ2n) is 12.1. The van der Waals surface area contributed by atoms with Crippen LogP contribution in [0.4, 0.5) is 43.9 Å². The fourth-order valence-electron chi connectivity index (χ4n) is 5.61. The Bertz CT molecular complexity index is 2030. The summed E-state index contributed by atoms with van der Waals surface area (Å²) in [6.45, 7) is -2.60. The molecule has 2 aromatic carbocycles. The van der Waals surface area contributed by atoms with E-state index >= 15 is 0 Å². The molecule has 2 aromatic heterocycles. The van der Waals surface area contributed by atoms with Crippen LogP contribution < -0.4 is 20.1 Å². The molecule has 2 aliphatic rings. The largest absolute Gasteiger partial charge is 0.473 e. The number of carbonyl (C=O) groups is 1. The Kier molecular flexibility index (Phi) is 18.2. The molecule has 0 aliphatic carbocycles. The summed E-state index contributed by atoms with van der Waals surface area (Å²) in [6, 6.07) is 9.07. The van der Waals surface area contributed by atoms with Crippen LogP contribution in [0, 0.1) is 23.3 Å². The van der Waals surface area contributed by atoms with E-state index < -0.39 is 66.8 Å². The molecule has 2 N–H and O–H groups in total. The van der Waals surface area contributed by atoms with E-state index in [1.807, 2.05) is 0 Å². The van der Waals surface area contributed by atoms with E-state index in [-0.39, 0.29) is 61.0 Å². The highest BCUT2D eigenvalue weighted by atomic mass is 35.5. The number of alkyl halides is 6. The number of aromatic nitrogens is 2. The first-order chi connectivity index (χ1) is 26.8. The topological polar surface area (TPSA) is 85.4 Å². The van der Waals surface area contributed by atoms with Gasteiger partial charge in [0.15, 0.2) is 6.10 Å². The number of pyridine rings is 2. The number of amides is 1. The summed E-state index contributed by atoms with van der Waals surface area (Å²) in [5.41, 5.74) is 2.00. The second kappa shape index (κ2) is 21.6. The third-order valence-corrected chi connectivity index (χ3v) is 9.80. The van der Waals surface area contributed by atoms with Crippen molar-refractivity contribution in [3.05, 3.63) is 93.2 Å². The molecule has 0 spiro atoms. The molecule has 313 valence electrons. The van der Waals surface area contributed by atoms with Crippen molar-refractivity contribution in [3.8, 4) is 34.0 Å². The van der Waals surface area contributed by atoms with Crippen LogP contribution in [0.5, 0.6) is 11.8 Å². The molecule has 58 heavy (non-hydrogen) atoms. The summed E-state index contributed by atoms with van der Waals surface area (Å²) in [5.74, 6) is -3.86. The number of carbonyl (C=O) groups excluding carboxylic acids is 1. The van der Waals surface area contributed by atoms with Gasteiger partial charge in [0.2, 0.25) is 11.8 Å². The molecule has 2 unspecified atom stereocenters. The van der Waals surface area contributed by atoms with Crippen molar-refractivity contribution in [1.82, 2.24) is 20.6 Å². The van der Waals surface area contributed by atoms with Gasteiger partial charge < -0.3 is 20.1 Å². The number of benzene rings is 2. The molecule has 2 atom stereocenters. The SMILES string of the molecule is CSSC.Fc1ccc(-c2cc(Cl)nc3c2CCC(CNCC(F)(F)F)O3)c(F)c1.O=C(NCC(F)(F)F)C1CCc2c(-c3ccc(F)cc3F)cc(Cl)nc2O1.[B]. The van der Waals surface area contributed by atoms with Gasteiger partial charge in [-0.05, 0) is 85.7 Å². The van der Waals surface area contributed by atoms with Gasteiger partial charge in [0.25, 0.3) is 5.91 Å². The second-order valence-corrected chi connectivity index (χ2v) is 15.6. The number of ether oxygens (including phenoxy) is 2. The number of halogens is 12. The van der Waals surface area contributed by atoms with Crippen LogP contribution in [0.25, 0.3) is 22.3 Å². The Morgan fingerprint density at radius 1 is 0.724 bits per heavy atom. The smallest absolute Gasteiger partial charge is 0.405 e. The van der Waals surface area contributed by atoms with E-state index in [0.717, 1.165) is 18.2 Å². The van der Waals surface area contributed by atoms with Crippen LogP contribution in [0.15, 0.2) is 48.5 Å². The molecule has 3 radical (unpaired) electrons. The fraction of sp³-hybridized carbons (Fsp3) is 0.361. The zero-order chi connectivity index (χ0) is 42.1. The lowest BCUT2D eigenvalue weighted by Crippen LogP contribution is -2.44. The lowest BCUT2D eigenvalue weighted by Gasteiger charge is -2.27. The third-order valence-electron chi connectivity index (χ3n) is 8.08. The van der Waals surface area contributed by atoms with Gasteiger partial charge >= 0.3 is 12.4 Å². The monoisotopic (exact) mass is 903 g/mol. The Morgan fingerprint density at radius 3 is 1.64 bits per heavy atom. The minimum atomic E-state index is -4.54. The van der Waals surface area contributed by atoms with Gasteiger partial charge in [-0.25, -0.2) is 27.5 Å². The van der Waals surface area contributed by atoms with Crippen molar-refractivity contribution < 1.29 is 58.2 Å². The molecule has 0 saturated carbocycles. The van der Waals surface area contributed by atoms with Gasteiger partial charge in [0.1, 0.15) is 46.2 Å². The highest BCUT2D eigenvalue weighted by Gasteiger charge is 2.34. The quantitative estimate of drug-likeness (QED) is 0.0783. The number of rotatable bonds is 8. The summed E-state index contributed by atoms with van der Waals surface area (Å²) >= 11 is 11.9. The Hall–Kier alpha value is -3.59. The minimum absolute atomic E-state index is 0. The van der Waals surface area contributed by atoms with Crippen molar-refractivity contribution in [3.63, 3.8) is 0 Å². The normalized spacial score (nSPS) is 15.8. The van der Waals surface area contributed by atoms with Gasteiger partial charge in [-0.15, -0.1) is 0 Å². The van der Waals surface area contributed by atoms with Gasteiger partial charge in [0.05, 0.1) is 6.54 Å². The van der Waals surface area contributed by atoms with Crippen LogP contribution in [0.1, 0.15) is 24.0 Å². The van der Waals surface area contributed by atoms with Crippen molar-refractivity contribution in [1.29, 1.82) is 0 Å². The van der Waals surface area contributed by atoms with E-state index in [1.54, 1.807) is 26.9 Å². The summed E-state index contributed by atoms with van der Waals surface area (Å²) in [7, 11) is 3.55. The standard InChI is InChI=1S/C17H12ClF5N2O2.C17H14ClF5N2O.C2H6S2.B/c18-14-6-11(9-2-1-8(19)5-12(9)20)10-3-4-13(27-16(10)25-14)15(26)24-7-17(21,22)23;18-15-6-13(11-3-1-9(19)5-14(11)20)12-4-2-10(26-16(12)25-15)7-24-8-17(21,22)23;1-3-4-2;/h1-2,5-6,13H,3-4,7H2,(H,24,26);1,3,5-6,10,24H,2,4,7-8H2;1-2H3;. The number of hydrogen-bond donors (Lipinski definition) is 2. The third kappa shape index (κ3) is 14.3. The molecule has 0 bridgehead atoms. The maximum Gasteiger partial charge on any atom is 0.405 e. The predicted octanol–water partition coefficient (Wildman–Crippen LogP) is 9.82. The molecule has 1 amide bonds. The van der Waals surface area contributed by atoms with E-state index in [4.69, 9.17) is 32.7 Å². The van der Waals surface area contributed by atoms with Crippen LogP contribution in [-0.4, -0.2) is 81.0 Å². The predicted molar refractivity (Wildman–Crippen MR) is 205 cm³/mol. The lowest BCUT2D eigenvalue weighted by atomic mass is 9.94. The van der Waals surface area contributed by atoms with Crippen LogP contribution >= 0.6 is 44.8 Å². The van der Waals surface area contributed by atoms with Crippen molar-refractivity contribution in [2.24, 2.45) is 0 Å².